The van der Waals surface area contributed by atoms with Gasteiger partial charge in [-0.3, -0.25) is 4.79 Å². The molecule has 1 unspecified atom stereocenters. The molecule has 2 nitrogen and oxygen atoms in total. The van der Waals surface area contributed by atoms with E-state index < -0.39 is 6.43 Å². The maximum absolute atomic E-state index is 13.5. The number of alkyl halides is 2. The van der Waals surface area contributed by atoms with Crippen LogP contribution in [0.1, 0.15) is 86.0 Å². The lowest BCUT2D eigenvalue weighted by Gasteiger charge is -2.28. The number of benzene rings is 1. The van der Waals surface area contributed by atoms with Crippen molar-refractivity contribution >= 4 is 5.78 Å². The van der Waals surface area contributed by atoms with Crippen LogP contribution in [0.2, 0.25) is 0 Å². The van der Waals surface area contributed by atoms with Crippen molar-refractivity contribution in [3.05, 3.63) is 34.4 Å². The fourth-order valence-electron chi connectivity index (χ4n) is 3.15. The van der Waals surface area contributed by atoms with Crippen molar-refractivity contribution in [2.45, 2.75) is 65.3 Å². The van der Waals surface area contributed by atoms with E-state index in [1.165, 1.54) is 19.3 Å². The van der Waals surface area contributed by atoms with Gasteiger partial charge >= 0.3 is 0 Å². The van der Waals surface area contributed by atoms with Gasteiger partial charge in [-0.25, -0.2) is 8.78 Å². The van der Waals surface area contributed by atoms with E-state index in [4.69, 9.17) is 0 Å². The van der Waals surface area contributed by atoms with Crippen molar-refractivity contribution in [3.63, 3.8) is 0 Å². The van der Waals surface area contributed by atoms with Crippen LogP contribution in [-0.2, 0) is 6.42 Å². The summed E-state index contributed by atoms with van der Waals surface area (Å²) in [5.74, 6) is 0.649. The van der Waals surface area contributed by atoms with Crippen molar-refractivity contribution in [1.29, 1.82) is 0 Å². The third-order valence-electron chi connectivity index (χ3n) is 4.95. The summed E-state index contributed by atoms with van der Waals surface area (Å²) >= 11 is 0. The summed E-state index contributed by atoms with van der Waals surface area (Å²) in [4.78, 5) is 12.2. The average molecular weight is 323 g/mol. The van der Waals surface area contributed by atoms with E-state index in [0.29, 0.717) is 29.9 Å². The smallest absolute Gasteiger partial charge is 0.264 e. The van der Waals surface area contributed by atoms with Gasteiger partial charge in [-0.05, 0) is 61.9 Å². The fraction of sp³-hybridized carbons (Fsp3) is 0.632. The minimum atomic E-state index is -2.55. The summed E-state index contributed by atoms with van der Waals surface area (Å²) in [6.45, 7) is 6.49. The van der Waals surface area contributed by atoms with E-state index in [1.54, 1.807) is 13.0 Å². The summed E-state index contributed by atoms with van der Waals surface area (Å²) in [7, 11) is 0. The lowest BCUT2D eigenvalue weighted by Crippen LogP contribution is -2.29. The van der Waals surface area contributed by atoms with Crippen LogP contribution in [0.3, 0.4) is 0 Å². The van der Waals surface area contributed by atoms with Gasteiger partial charge in [0, 0.05) is 23.6 Å². The molecule has 0 bridgehead atoms. The number of halogens is 2. The first-order valence-electron chi connectivity index (χ1n) is 8.69. The van der Waals surface area contributed by atoms with Crippen LogP contribution in [0.25, 0.3) is 0 Å². The predicted octanol–water partition coefficient (Wildman–Crippen LogP) is 5.23. The second-order valence-electron chi connectivity index (χ2n) is 6.49. The van der Waals surface area contributed by atoms with Gasteiger partial charge in [-0.15, -0.1) is 0 Å². The highest BCUT2D eigenvalue weighted by atomic mass is 19.3. The number of Topliss-reactive ketones (excluding diaryl/α,β-unsaturated/α-hetero) is 1. The third-order valence-corrected chi connectivity index (χ3v) is 4.95. The van der Waals surface area contributed by atoms with Crippen molar-refractivity contribution < 1.29 is 13.6 Å². The summed E-state index contributed by atoms with van der Waals surface area (Å²) in [5.41, 5.74) is 1.77. The molecular formula is C19H27F2NO. The van der Waals surface area contributed by atoms with Crippen LogP contribution in [0, 0.1) is 5.92 Å². The van der Waals surface area contributed by atoms with Gasteiger partial charge in [0.1, 0.15) is 0 Å². The second-order valence-corrected chi connectivity index (χ2v) is 6.49. The molecule has 23 heavy (non-hydrogen) atoms. The Kier molecular flexibility index (Phi) is 6.28. The van der Waals surface area contributed by atoms with E-state index in [0.717, 1.165) is 12.1 Å². The zero-order valence-electron chi connectivity index (χ0n) is 14.3. The molecule has 1 aromatic rings. The SMILES string of the molecule is CCC(=O)c1cc(C(C)NCC2CCC2)cc(C(F)F)c1CC. The molecule has 1 atom stereocenters. The van der Waals surface area contributed by atoms with Crippen LogP contribution in [0.15, 0.2) is 12.1 Å². The normalized spacial score (nSPS) is 16.4. The second kappa shape index (κ2) is 8.00. The maximum Gasteiger partial charge on any atom is 0.264 e. The van der Waals surface area contributed by atoms with Crippen molar-refractivity contribution in [2.24, 2.45) is 5.92 Å². The van der Waals surface area contributed by atoms with Crippen molar-refractivity contribution in [3.8, 4) is 0 Å². The van der Waals surface area contributed by atoms with E-state index >= 15 is 0 Å². The van der Waals surface area contributed by atoms with Crippen LogP contribution >= 0.6 is 0 Å². The molecule has 1 fully saturated rings. The van der Waals surface area contributed by atoms with E-state index in [2.05, 4.69) is 5.32 Å². The predicted molar refractivity (Wildman–Crippen MR) is 89.2 cm³/mol. The first-order valence-corrected chi connectivity index (χ1v) is 8.69. The lowest BCUT2D eigenvalue weighted by molar-refractivity contribution is 0.0986. The molecule has 4 heteroatoms. The largest absolute Gasteiger partial charge is 0.310 e. The molecule has 0 aromatic heterocycles. The highest BCUT2D eigenvalue weighted by molar-refractivity contribution is 5.97. The molecule has 0 aliphatic heterocycles. The molecule has 0 spiro atoms. The molecule has 1 N–H and O–H groups in total. The molecule has 1 aliphatic rings. The van der Waals surface area contributed by atoms with Crippen molar-refractivity contribution in [1.82, 2.24) is 5.32 Å². The van der Waals surface area contributed by atoms with Gasteiger partial charge in [0.05, 0.1) is 0 Å². The molecule has 0 saturated heterocycles. The van der Waals surface area contributed by atoms with Crippen LogP contribution < -0.4 is 5.32 Å². The van der Waals surface area contributed by atoms with Gasteiger partial charge in [0.15, 0.2) is 5.78 Å². The first kappa shape index (κ1) is 18.1. The summed E-state index contributed by atoms with van der Waals surface area (Å²) in [6.07, 6.45) is 2.02. The minimum absolute atomic E-state index is 0.0131. The monoisotopic (exact) mass is 323 g/mol. The van der Waals surface area contributed by atoms with Gasteiger partial charge in [-0.1, -0.05) is 20.3 Å². The highest BCUT2D eigenvalue weighted by Crippen LogP contribution is 2.31. The number of ketones is 1. The molecule has 0 heterocycles. The van der Waals surface area contributed by atoms with Gasteiger partial charge < -0.3 is 5.32 Å². The Hall–Kier alpha value is -1.29. The maximum atomic E-state index is 13.5. The number of rotatable bonds is 8. The van der Waals surface area contributed by atoms with Gasteiger partial charge in [0.25, 0.3) is 6.43 Å². The Morgan fingerprint density at radius 1 is 1.30 bits per heavy atom. The number of carbonyl (C=O) groups excluding carboxylic acids is 1. The Morgan fingerprint density at radius 2 is 2.00 bits per heavy atom. The Balaban J connectivity index is 2.30. The summed E-state index contributed by atoms with van der Waals surface area (Å²) in [5, 5.41) is 3.43. The van der Waals surface area contributed by atoms with E-state index in [9.17, 15) is 13.6 Å². The molecule has 128 valence electrons. The first-order chi connectivity index (χ1) is 11.0. The molecule has 0 radical (unpaired) electrons. The molecule has 1 aliphatic carbocycles. The molecular weight excluding hydrogens is 296 g/mol. The van der Waals surface area contributed by atoms with E-state index in [1.807, 2.05) is 19.9 Å². The van der Waals surface area contributed by atoms with Crippen molar-refractivity contribution in [2.75, 3.05) is 6.54 Å². The Labute approximate surface area is 137 Å². The molecule has 1 saturated carbocycles. The fourth-order valence-corrected chi connectivity index (χ4v) is 3.15. The summed E-state index contributed by atoms with van der Waals surface area (Å²) in [6, 6.07) is 3.37. The lowest BCUT2D eigenvalue weighted by atomic mass is 9.85. The molecule has 0 amide bonds. The molecule has 1 aromatic carbocycles. The Morgan fingerprint density at radius 3 is 2.48 bits per heavy atom. The van der Waals surface area contributed by atoms with E-state index in [-0.39, 0.29) is 17.4 Å². The van der Waals surface area contributed by atoms with Crippen LogP contribution in [0.5, 0.6) is 0 Å². The van der Waals surface area contributed by atoms with Crippen LogP contribution in [-0.4, -0.2) is 12.3 Å². The number of hydrogen-bond acceptors (Lipinski definition) is 2. The molecule has 2 rings (SSSR count). The quantitative estimate of drug-likeness (QED) is 0.664. The number of nitrogens with one attached hydrogen (secondary N) is 1. The number of hydrogen-bond donors (Lipinski definition) is 1. The minimum Gasteiger partial charge on any atom is -0.310 e. The summed E-state index contributed by atoms with van der Waals surface area (Å²) < 4.78 is 26.9. The highest BCUT2D eigenvalue weighted by Gasteiger charge is 2.22. The standard InChI is InChI=1S/C19H27F2NO/c1-4-15-16(18(23)5-2)9-14(10-17(15)19(20)21)12(3)22-11-13-7-6-8-13/h9-10,12-13,19,22H,4-8,11H2,1-3H3. The van der Waals surface area contributed by atoms with Crippen LogP contribution in [0.4, 0.5) is 8.78 Å². The number of carbonyl (C=O) groups is 1. The van der Waals surface area contributed by atoms with Gasteiger partial charge in [0.2, 0.25) is 0 Å². The zero-order valence-corrected chi connectivity index (χ0v) is 14.3. The topological polar surface area (TPSA) is 29.1 Å². The Bertz CT molecular complexity index is 553. The third kappa shape index (κ3) is 4.17. The van der Waals surface area contributed by atoms with Gasteiger partial charge in [-0.2, -0.15) is 0 Å². The zero-order chi connectivity index (χ0) is 17.0. The average Bonchev–Trinajstić information content (AvgIpc) is 2.50.